The highest BCUT2D eigenvalue weighted by Gasteiger charge is 2.49. The van der Waals surface area contributed by atoms with E-state index < -0.39 is 17.8 Å². The second-order valence-electron chi connectivity index (χ2n) is 3.69. The molecule has 1 aliphatic heterocycles. The fraction of sp³-hybridized carbons (Fsp3) is 0.273. The summed E-state index contributed by atoms with van der Waals surface area (Å²) in [5, 5.41) is 18.2. The summed E-state index contributed by atoms with van der Waals surface area (Å²) in [6.45, 7) is 0.215. The molecule has 2 rings (SSSR count). The Morgan fingerprint density at radius 3 is 2.59 bits per heavy atom. The number of anilines is 1. The molecule has 2 N–H and O–H groups in total. The Hall–Kier alpha value is -2.08. The van der Waals surface area contributed by atoms with Crippen LogP contribution in [0.4, 0.5) is 10.5 Å². The van der Waals surface area contributed by atoms with Crippen LogP contribution in [0.25, 0.3) is 0 Å². The minimum Gasteiger partial charge on any atom is -0.450 e. The Kier molecular flexibility index (Phi) is 2.72. The van der Waals surface area contributed by atoms with Crippen LogP contribution in [-0.2, 0) is 9.53 Å². The molecule has 1 atom stereocenters. The lowest BCUT2D eigenvalue weighted by Gasteiger charge is -2.20. The first-order valence-corrected chi connectivity index (χ1v) is 5.04. The third kappa shape index (κ3) is 2.07. The molecular weight excluding hydrogens is 226 g/mol. The maximum absolute atomic E-state index is 11.9. The molecule has 1 amide bonds. The highest BCUT2D eigenvalue weighted by molar-refractivity contribution is 6.01. The van der Waals surface area contributed by atoms with Crippen molar-refractivity contribution in [3.63, 3.8) is 0 Å². The molecule has 1 aliphatic rings. The fourth-order valence-corrected chi connectivity index (χ4v) is 1.78. The van der Waals surface area contributed by atoms with E-state index in [1.807, 2.05) is 0 Å². The molecule has 0 saturated carbocycles. The third-order valence-corrected chi connectivity index (χ3v) is 2.58. The number of nitrogens with zero attached hydrogens (tertiary/aromatic N) is 1. The lowest BCUT2D eigenvalue weighted by atomic mass is 10.2. The number of amides is 1. The van der Waals surface area contributed by atoms with Crippen molar-refractivity contribution in [2.24, 2.45) is 0 Å². The Morgan fingerprint density at radius 2 is 2.00 bits per heavy atom. The smallest absolute Gasteiger partial charge is 0.450 e. The molecule has 90 valence electrons. The van der Waals surface area contributed by atoms with Gasteiger partial charge in [-0.05, 0) is 12.1 Å². The van der Waals surface area contributed by atoms with E-state index in [9.17, 15) is 14.7 Å². The molecule has 1 heterocycles. The van der Waals surface area contributed by atoms with Gasteiger partial charge in [0.25, 0.3) is 11.7 Å². The predicted molar refractivity (Wildman–Crippen MR) is 57.5 cm³/mol. The summed E-state index contributed by atoms with van der Waals surface area (Å²) in [6, 6.07) is 8.69. The molecule has 0 radical (unpaired) electrons. The van der Waals surface area contributed by atoms with Crippen molar-refractivity contribution in [1.29, 1.82) is 0 Å². The number of hydrogen-bond donors (Lipinski definition) is 2. The van der Waals surface area contributed by atoms with E-state index in [0.717, 1.165) is 0 Å². The monoisotopic (exact) mass is 237 g/mol. The predicted octanol–water partition coefficient (Wildman–Crippen LogP) is 0.807. The summed E-state index contributed by atoms with van der Waals surface area (Å²) >= 11 is 0. The van der Waals surface area contributed by atoms with Crippen molar-refractivity contribution in [1.82, 2.24) is 0 Å². The van der Waals surface area contributed by atoms with Crippen LogP contribution in [-0.4, -0.2) is 34.6 Å². The maximum atomic E-state index is 11.9. The van der Waals surface area contributed by atoms with Crippen molar-refractivity contribution in [3.05, 3.63) is 30.3 Å². The molecule has 1 fully saturated rings. The first kappa shape index (κ1) is 11.4. The summed E-state index contributed by atoms with van der Waals surface area (Å²) in [7, 11) is 0. The van der Waals surface area contributed by atoms with E-state index in [1.54, 1.807) is 30.3 Å². The van der Waals surface area contributed by atoms with Crippen LogP contribution in [0.15, 0.2) is 30.3 Å². The number of aliphatic hydroxyl groups is 1. The van der Waals surface area contributed by atoms with Crippen molar-refractivity contribution >= 4 is 17.7 Å². The van der Waals surface area contributed by atoms with Crippen LogP contribution in [0.5, 0.6) is 0 Å². The van der Waals surface area contributed by atoms with E-state index in [4.69, 9.17) is 5.11 Å². The minimum absolute atomic E-state index is 0.0764. The first-order valence-electron chi connectivity index (χ1n) is 5.04. The lowest BCUT2D eigenvalue weighted by molar-refractivity contribution is -0.180. The standard InChI is InChI=1S/C11H11NO5/c13-9-11(16,17-10(14)15)6-7-12(9)8-4-2-1-3-5-8/h1-5,16H,6-7H2,(H,14,15). The van der Waals surface area contributed by atoms with Crippen molar-refractivity contribution in [2.75, 3.05) is 11.4 Å². The number of carboxylic acid groups (broad SMARTS) is 1. The van der Waals surface area contributed by atoms with Crippen LogP contribution in [0.3, 0.4) is 0 Å². The van der Waals surface area contributed by atoms with E-state index in [2.05, 4.69) is 4.74 Å². The topological polar surface area (TPSA) is 87.1 Å². The number of benzene rings is 1. The van der Waals surface area contributed by atoms with E-state index in [0.29, 0.717) is 5.69 Å². The van der Waals surface area contributed by atoms with Gasteiger partial charge in [-0.3, -0.25) is 4.79 Å². The average molecular weight is 237 g/mol. The van der Waals surface area contributed by atoms with Crippen LogP contribution >= 0.6 is 0 Å². The molecule has 0 spiro atoms. The molecule has 17 heavy (non-hydrogen) atoms. The third-order valence-electron chi connectivity index (χ3n) is 2.58. The van der Waals surface area contributed by atoms with Gasteiger partial charge >= 0.3 is 6.16 Å². The highest BCUT2D eigenvalue weighted by Crippen LogP contribution is 2.28. The van der Waals surface area contributed by atoms with Gasteiger partial charge in [0, 0.05) is 18.7 Å². The number of hydrogen-bond acceptors (Lipinski definition) is 4. The zero-order valence-corrected chi connectivity index (χ0v) is 8.87. The van der Waals surface area contributed by atoms with E-state index in [1.165, 1.54) is 4.90 Å². The quantitative estimate of drug-likeness (QED) is 0.587. The molecule has 1 unspecified atom stereocenters. The molecule has 0 bridgehead atoms. The second kappa shape index (κ2) is 4.06. The SMILES string of the molecule is O=C(O)OC1(O)CCN(c2ccccc2)C1=O. The Balaban J connectivity index is 2.21. The minimum atomic E-state index is -2.26. The number of para-hydroxylation sites is 1. The van der Waals surface area contributed by atoms with Gasteiger partial charge < -0.3 is 19.8 Å². The van der Waals surface area contributed by atoms with Gasteiger partial charge in [0.05, 0.1) is 0 Å². The van der Waals surface area contributed by atoms with Crippen LogP contribution in [0, 0.1) is 0 Å². The lowest BCUT2D eigenvalue weighted by Crippen LogP contribution is -2.43. The van der Waals surface area contributed by atoms with Gasteiger partial charge in [0.2, 0.25) is 0 Å². The molecule has 6 nitrogen and oxygen atoms in total. The Bertz CT molecular complexity index is 446. The number of rotatable bonds is 2. The molecule has 1 saturated heterocycles. The number of carbonyl (C=O) groups is 2. The largest absolute Gasteiger partial charge is 0.508 e. The van der Waals surface area contributed by atoms with E-state index in [-0.39, 0.29) is 13.0 Å². The zero-order chi connectivity index (χ0) is 12.5. The van der Waals surface area contributed by atoms with Crippen molar-refractivity contribution in [2.45, 2.75) is 12.2 Å². The summed E-state index contributed by atoms with van der Waals surface area (Å²) in [6.07, 6.45) is -1.75. The van der Waals surface area contributed by atoms with Gasteiger partial charge in [-0.15, -0.1) is 0 Å². The summed E-state index contributed by atoms with van der Waals surface area (Å²) in [5.74, 6) is -3.02. The van der Waals surface area contributed by atoms with Gasteiger partial charge in [-0.25, -0.2) is 4.79 Å². The van der Waals surface area contributed by atoms with Gasteiger partial charge in [-0.2, -0.15) is 0 Å². The highest BCUT2D eigenvalue weighted by atomic mass is 16.7. The van der Waals surface area contributed by atoms with E-state index >= 15 is 0 Å². The van der Waals surface area contributed by atoms with Crippen LogP contribution < -0.4 is 4.90 Å². The van der Waals surface area contributed by atoms with Gasteiger partial charge in [0.15, 0.2) is 0 Å². The maximum Gasteiger partial charge on any atom is 0.508 e. The van der Waals surface area contributed by atoms with Gasteiger partial charge in [0.1, 0.15) is 0 Å². The first-order chi connectivity index (χ1) is 8.03. The fourth-order valence-electron chi connectivity index (χ4n) is 1.78. The molecular formula is C11H11NO5. The molecule has 6 heteroatoms. The zero-order valence-electron chi connectivity index (χ0n) is 8.87. The normalized spacial score (nSPS) is 23.8. The molecule has 1 aromatic rings. The summed E-state index contributed by atoms with van der Waals surface area (Å²) in [4.78, 5) is 23.5. The number of ether oxygens (including phenoxy) is 1. The van der Waals surface area contributed by atoms with Crippen molar-refractivity contribution < 1.29 is 24.5 Å². The molecule has 0 aromatic heterocycles. The van der Waals surface area contributed by atoms with Gasteiger partial charge in [-0.1, -0.05) is 18.2 Å². The number of carbonyl (C=O) groups excluding carboxylic acids is 1. The van der Waals surface area contributed by atoms with Crippen LogP contribution in [0.1, 0.15) is 6.42 Å². The van der Waals surface area contributed by atoms with Crippen LogP contribution in [0.2, 0.25) is 0 Å². The summed E-state index contributed by atoms with van der Waals surface area (Å²) in [5.41, 5.74) is 0.599. The molecule has 0 aliphatic carbocycles. The Morgan fingerprint density at radius 1 is 1.35 bits per heavy atom. The summed E-state index contributed by atoms with van der Waals surface area (Å²) < 4.78 is 4.24. The van der Waals surface area contributed by atoms with Crippen molar-refractivity contribution in [3.8, 4) is 0 Å². The molecule has 1 aromatic carbocycles. The Labute approximate surface area is 97.0 Å². The second-order valence-corrected chi connectivity index (χ2v) is 3.69. The average Bonchev–Trinajstić information content (AvgIpc) is 2.56.